The van der Waals surface area contributed by atoms with Crippen LogP contribution in [0.5, 0.6) is 0 Å². The second kappa shape index (κ2) is 7.07. The Morgan fingerprint density at radius 1 is 1.20 bits per heavy atom. The number of aliphatic hydroxyl groups is 1. The fourth-order valence-electron chi connectivity index (χ4n) is 1.14. The first-order chi connectivity index (χ1) is 4.81. The first-order valence-electron chi connectivity index (χ1n) is 4.42. The zero-order valence-corrected chi connectivity index (χ0v) is 7.27. The lowest BCUT2D eigenvalue weighted by atomic mass is 9.99. The molecule has 0 aliphatic carbocycles. The maximum atomic E-state index is 8.54. The lowest BCUT2D eigenvalue weighted by Crippen LogP contribution is -1.95. The third-order valence-corrected chi connectivity index (χ3v) is 1.91. The molecule has 0 aliphatic rings. The summed E-state index contributed by atoms with van der Waals surface area (Å²) in [5.41, 5.74) is 0. The van der Waals surface area contributed by atoms with Crippen LogP contribution in [-0.2, 0) is 0 Å². The van der Waals surface area contributed by atoms with Crippen molar-refractivity contribution in [3.05, 3.63) is 0 Å². The van der Waals surface area contributed by atoms with Crippen LogP contribution in [0.2, 0.25) is 0 Å². The lowest BCUT2D eigenvalue weighted by molar-refractivity contribution is 0.271. The van der Waals surface area contributed by atoms with Gasteiger partial charge in [0.1, 0.15) is 0 Å². The molecule has 0 fully saturated rings. The SMILES string of the molecule is CCCC[C@H](C)CCCO. The van der Waals surface area contributed by atoms with Crippen LogP contribution in [0.25, 0.3) is 0 Å². The van der Waals surface area contributed by atoms with E-state index < -0.39 is 0 Å². The molecule has 0 rings (SSSR count). The van der Waals surface area contributed by atoms with E-state index in [1.54, 1.807) is 0 Å². The Morgan fingerprint density at radius 3 is 2.30 bits per heavy atom. The van der Waals surface area contributed by atoms with Crippen LogP contribution in [0.1, 0.15) is 46.0 Å². The van der Waals surface area contributed by atoms with Gasteiger partial charge in [0.05, 0.1) is 0 Å². The van der Waals surface area contributed by atoms with Crippen LogP contribution in [0.4, 0.5) is 0 Å². The van der Waals surface area contributed by atoms with Crippen molar-refractivity contribution >= 4 is 0 Å². The van der Waals surface area contributed by atoms with E-state index in [1.165, 1.54) is 25.7 Å². The minimum absolute atomic E-state index is 0.358. The molecule has 0 unspecified atom stereocenters. The van der Waals surface area contributed by atoms with Crippen molar-refractivity contribution in [3.8, 4) is 0 Å². The second-order valence-electron chi connectivity index (χ2n) is 3.11. The average molecular weight is 144 g/mol. The third-order valence-electron chi connectivity index (χ3n) is 1.91. The lowest BCUT2D eigenvalue weighted by Gasteiger charge is -2.08. The molecule has 0 saturated carbocycles. The molecule has 0 bridgehead atoms. The number of aliphatic hydroxyl groups excluding tert-OH is 1. The van der Waals surface area contributed by atoms with Gasteiger partial charge >= 0.3 is 0 Å². The van der Waals surface area contributed by atoms with Gasteiger partial charge in [-0.1, -0.05) is 33.1 Å². The summed E-state index contributed by atoms with van der Waals surface area (Å²) in [5.74, 6) is 0.812. The number of unbranched alkanes of at least 4 members (excludes halogenated alkanes) is 1. The highest BCUT2D eigenvalue weighted by Crippen LogP contribution is 2.12. The van der Waals surface area contributed by atoms with Crippen LogP contribution in [0.3, 0.4) is 0 Å². The summed E-state index contributed by atoms with van der Waals surface area (Å²) < 4.78 is 0. The van der Waals surface area contributed by atoms with Gasteiger partial charge in [0.25, 0.3) is 0 Å². The predicted molar refractivity (Wildman–Crippen MR) is 45.0 cm³/mol. The molecule has 0 aromatic carbocycles. The first kappa shape index (κ1) is 9.96. The monoisotopic (exact) mass is 144 g/mol. The highest BCUT2D eigenvalue weighted by Gasteiger charge is 1.99. The Labute approximate surface area is 64.5 Å². The largest absolute Gasteiger partial charge is 0.396 e. The Morgan fingerprint density at radius 2 is 1.80 bits per heavy atom. The molecule has 0 amide bonds. The summed E-state index contributed by atoms with van der Waals surface area (Å²) in [7, 11) is 0. The molecule has 0 radical (unpaired) electrons. The van der Waals surface area contributed by atoms with Crippen molar-refractivity contribution < 1.29 is 5.11 Å². The summed E-state index contributed by atoms with van der Waals surface area (Å²) in [5, 5.41) is 8.54. The molecular weight excluding hydrogens is 124 g/mol. The van der Waals surface area contributed by atoms with Crippen molar-refractivity contribution in [2.75, 3.05) is 6.61 Å². The summed E-state index contributed by atoms with van der Waals surface area (Å²) in [6, 6.07) is 0. The Balaban J connectivity index is 3.00. The topological polar surface area (TPSA) is 20.2 Å². The van der Waals surface area contributed by atoms with Gasteiger partial charge in [-0.3, -0.25) is 0 Å². The van der Waals surface area contributed by atoms with Crippen molar-refractivity contribution in [1.82, 2.24) is 0 Å². The van der Waals surface area contributed by atoms with E-state index in [0.29, 0.717) is 6.61 Å². The Kier molecular flexibility index (Phi) is 7.04. The van der Waals surface area contributed by atoms with Crippen molar-refractivity contribution in [2.24, 2.45) is 5.92 Å². The molecule has 0 heterocycles. The molecule has 1 atom stereocenters. The van der Waals surface area contributed by atoms with Crippen LogP contribution >= 0.6 is 0 Å². The quantitative estimate of drug-likeness (QED) is 0.607. The maximum Gasteiger partial charge on any atom is 0.0431 e. The molecular formula is C9H20O. The fraction of sp³-hybridized carbons (Fsp3) is 1.00. The molecule has 1 heteroatoms. The van der Waals surface area contributed by atoms with Gasteiger partial charge in [0.15, 0.2) is 0 Å². The van der Waals surface area contributed by atoms with E-state index in [0.717, 1.165) is 12.3 Å². The number of hydrogen-bond acceptors (Lipinski definition) is 1. The predicted octanol–water partition coefficient (Wildman–Crippen LogP) is 2.59. The zero-order valence-electron chi connectivity index (χ0n) is 7.27. The minimum Gasteiger partial charge on any atom is -0.396 e. The van der Waals surface area contributed by atoms with E-state index in [2.05, 4.69) is 13.8 Å². The molecule has 0 spiro atoms. The van der Waals surface area contributed by atoms with E-state index >= 15 is 0 Å². The van der Waals surface area contributed by atoms with Gasteiger partial charge in [-0.15, -0.1) is 0 Å². The normalized spacial score (nSPS) is 13.5. The maximum absolute atomic E-state index is 8.54. The summed E-state index contributed by atoms with van der Waals surface area (Å²) in [6.45, 7) is 4.85. The Bertz CT molecular complexity index is 53.7. The molecule has 10 heavy (non-hydrogen) atoms. The summed E-state index contributed by atoms with van der Waals surface area (Å²) in [6.07, 6.45) is 6.13. The number of hydrogen-bond donors (Lipinski definition) is 1. The average Bonchev–Trinajstić information content (AvgIpc) is 1.97. The van der Waals surface area contributed by atoms with Gasteiger partial charge in [-0.25, -0.2) is 0 Å². The molecule has 1 nitrogen and oxygen atoms in total. The minimum atomic E-state index is 0.358. The van der Waals surface area contributed by atoms with Gasteiger partial charge in [0, 0.05) is 6.61 Å². The molecule has 0 aromatic heterocycles. The van der Waals surface area contributed by atoms with Gasteiger partial charge in [-0.2, -0.15) is 0 Å². The van der Waals surface area contributed by atoms with Crippen molar-refractivity contribution in [1.29, 1.82) is 0 Å². The molecule has 0 saturated heterocycles. The third kappa shape index (κ3) is 6.09. The van der Waals surface area contributed by atoms with Gasteiger partial charge < -0.3 is 5.11 Å². The number of rotatable bonds is 6. The molecule has 1 N–H and O–H groups in total. The highest BCUT2D eigenvalue weighted by atomic mass is 16.2. The molecule has 62 valence electrons. The Hall–Kier alpha value is -0.0400. The zero-order chi connectivity index (χ0) is 7.82. The van der Waals surface area contributed by atoms with Crippen LogP contribution in [0, 0.1) is 5.92 Å². The highest BCUT2D eigenvalue weighted by molar-refractivity contribution is 4.52. The molecule has 0 aromatic rings. The van der Waals surface area contributed by atoms with Crippen LogP contribution in [-0.4, -0.2) is 11.7 Å². The fourth-order valence-corrected chi connectivity index (χ4v) is 1.14. The van der Waals surface area contributed by atoms with Crippen molar-refractivity contribution in [3.63, 3.8) is 0 Å². The van der Waals surface area contributed by atoms with E-state index in [-0.39, 0.29) is 0 Å². The molecule has 0 aliphatic heterocycles. The van der Waals surface area contributed by atoms with Gasteiger partial charge in [-0.05, 0) is 18.8 Å². The van der Waals surface area contributed by atoms with Crippen LogP contribution in [0.15, 0.2) is 0 Å². The standard InChI is InChI=1S/C9H20O/c1-3-4-6-9(2)7-5-8-10/h9-10H,3-8H2,1-2H3/t9-/m0/s1. The van der Waals surface area contributed by atoms with E-state index in [4.69, 9.17) is 5.11 Å². The van der Waals surface area contributed by atoms with Crippen molar-refractivity contribution in [2.45, 2.75) is 46.0 Å². The first-order valence-corrected chi connectivity index (χ1v) is 4.42. The summed E-state index contributed by atoms with van der Waals surface area (Å²) in [4.78, 5) is 0. The van der Waals surface area contributed by atoms with Gasteiger partial charge in [0.2, 0.25) is 0 Å². The van der Waals surface area contributed by atoms with E-state index in [9.17, 15) is 0 Å². The second-order valence-corrected chi connectivity index (χ2v) is 3.11. The van der Waals surface area contributed by atoms with E-state index in [1.807, 2.05) is 0 Å². The van der Waals surface area contributed by atoms with Crippen LogP contribution < -0.4 is 0 Å². The summed E-state index contributed by atoms with van der Waals surface area (Å²) >= 11 is 0. The smallest absolute Gasteiger partial charge is 0.0431 e.